The zero-order chi connectivity index (χ0) is 13.7. The number of carbonyl (C=O) groups excluding carboxylic acids is 1. The largest absolute Gasteiger partial charge is 0.461 e. The standard InChI is InChI=1S/C14H25BrO3/c1-9(2)18-14(17)13(16)12(15)10(3)11-7-5-4-6-8-11/h9-13,16H,4-8H2,1-3H3/t10?,12-,13-/m1/s1. The van der Waals surface area contributed by atoms with E-state index in [1.807, 2.05) is 0 Å². The van der Waals surface area contributed by atoms with Crippen molar-refractivity contribution in [2.45, 2.75) is 69.9 Å². The Morgan fingerprint density at radius 3 is 2.28 bits per heavy atom. The predicted octanol–water partition coefficient (Wildman–Crippen LogP) is 3.28. The van der Waals surface area contributed by atoms with Crippen LogP contribution in [0, 0.1) is 11.8 Å². The third-order valence-electron chi connectivity index (χ3n) is 3.79. The van der Waals surface area contributed by atoms with E-state index in [1.54, 1.807) is 13.8 Å². The first kappa shape index (κ1) is 16.0. The van der Waals surface area contributed by atoms with Crippen molar-refractivity contribution in [2.75, 3.05) is 0 Å². The summed E-state index contributed by atoms with van der Waals surface area (Å²) in [5, 5.41) is 10.0. The highest BCUT2D eigenvalue weighted by atomic mass is 79.9. The van der Waals surface area contributed by atoms with E-state index in [-0.39, 0.29) is 10.9 Å². The van der Waals surface area contributed by atoms with Crippen LogP contribution in [0.3, 0.4) is 0 Å². The summed E-state index contributed by atoms with van der Waals surface area (Å²) in [6.07, 6.45) is 5.00. The normalized spacial score (nSPS) is 22.6. The molecule has 0 radical (unpaired) electrons. The number of hydrogen-bond donors (Lipinski definition) is 1. The van der Waals surface area contributed by atoms with Gasteiger partial charge in [-0.25, -0.2) is 4.79 Å². The van der Waals surface area contributed by atoms with Crippen LogP contribution in [0.5, 0.6) is 0 Å². The third-order valence-corrected chi connectivity index (χ3v) is 5.13. The number of esters is 1. The maximum absolute atomic E-state index is 11.7. The number of aliphatic hydroxyl groups excluding tert-OH is 1. The molecule has 4 heteroatoms. The van der Waals surface area contributed by atoms with Crippen LogP contribution < -0.4 is 0 Å². The van der Waals surface area contributed by atoms with Gasteiger partial charge in [-0.15, -0.1) is 0 Å². The number of aliphatic hydroxyl groups is 1. The molecule has 1 rings (SSSR count). The molecule has 18 heavy (non-hydrogen) atoms. The lowest BCUT2D eigenvalue weighted by atomic mass is 9.78. The van der Waals surface area contributed by atoms with Gasteiger partial charge in [0, 0.05) is 0 Å². The van der Waals surface area contributed by atoms with Gasteiger partial charge >= 0.3 is 5.97 Å². The highest BCUT2D eigenvalue weighted by Gasteiger charge is 2.34. The Bertz CT molecular complexity index is 262. The summed E-state index contributed by atoms with van der Waals surface area (Å²) in [6, 6.07) is 0. The molecule has 0 aromatic rings. The minimum Gasteiger partial charge on any atom is -0.461 e. The molecule has 3 atom stereocenters. The van der Waals surface area contributed by atoms with Crippen molar-refractivity contribution in [1.29, 1.82) is 0 Å². The van der Waals surface area contributed by atoms with Crippen molar-refractivity contribution >= 4 is 21.9 Å². The molecule has 1 fully saturated rings. The average Bonchev–Trinajstić information content (AvgIpc) is 2.36. The van der Waals surface area contributed by atoms with Crippen LogP contribution >= 0.6 is 15.9 Å². The Labute approximate surface area is 118 Å². The van der Waals surface area contributed by atoms with Crippen LogP contribution in [0.4, 0.5) is 0 Å². The van der Waals surface area contributed by atoms with Crippen LogP contribution in [-0.2, 0) is 9.53 Å². The molecule has 1 N–H and O–H groups in total. The van der Waals surface area contributed by atoms with Crippen LogP contribution in [0.2, 0.25) is 0 Å². The fourth-order valence-corrected chi connectivity index (χ4v) is 3.29. The van der Waals surface area contributed by atoms with E-state index in [0.29, 0.717) is 11.8 Å². The predicted molar refractivity (Wildman–Crippen MR) is 75.7 cm³/mol. The lowest BCUT2D eigenvalue weighted by molar-refractivity contribution is -0.158. The third kappa shape index (κ3) is 4.54. The number of alkyl halides is 1. The van der Waals surface area contributed by atoms with E-state index < -0.39 is 12.1 Å². The fourth-order valence-electron chi connectivity index (χ4n) is 2.64. The molecule has 3 nitrogen and oxygen atoms in total. The zero-order valence-corrected chi connectivity index (χ0v) is 13.1. The molecule has 0 aromatic heterocycles. The molecule has 0 saturated heterocycles. The summed E-state index contributed by atoms with van der Waals surface area (Å²) in [5.41, 5.74) is 0. The second-order valence-electron chi connectivity index (χ2n) is 5.63. The maximum Gasteiger partial charge on any atom is 0.336 e. The van der Waals surface area contributed by atoms with Gasteiger partial charge in [-0.05, 0) is 25.7 Å². The molecule has 1 saturated carbocycles. The van der Waals surface area contributed by atoms with E-state index >= 15 is 0 Å². The minimum absolute atomic E-state index is 0.183. The zero-order valence-electron chi connectivity index (χ0n) is 11.6. The number of hydrogen-bond acceptors (Lipinski definition) is 3. The van der Waals surface area contributed by atoms with Crippen LogP contribution in [0.1, 0.15) is 52.9 Å². The number of ether oxygens (including phenoxy) is 1. The van der Waals surface area contributed by atoms with Crippen molar-refractivity contribution in [3.05, 3.63) is 0 Å². The van der Waals surface area contributed by atoms with Gasteiger partial charge in [0.05, 0.1) is 10.9 Å². The van der Waals surface area contributed by atoms with E-state index in [1.165, 1.54) is 32.1 Å². The molecule has 106 valence electrons. The summed E-state index contributed by atoms with van der Waals surface area (Å²) in [7, 11) is 0. The molecule has 0 heterocycles. The molecule has 0 aromatic carbocycles. The van der Waals surface area contributed by atoms with Crippen LogP contribution in [0.15, 0.2) is 0 Å². The number of rotatable bonds is 5. The Balaban J connectivity index is 2.50. The van der Waals surface area contributed by atoms with Crippen molar-refractivity contribution < 1.29 is 14.6 Å². The number of carbonyl (C=O) groups is 1. The summed E-state index contributed by atoms with van der Waals surface area (Å²) < 4.78 is 5.05. The van der Waals surface area contributed by atoms with E-state index in [4.69, 9.17) is 4.74 Å². The lowest BCUT2D eigenvalue weighted by Gasteiger charge is -2.32. The highest BCUT2D eigenvalue weighted by molar-refractivity contribution is 9.09. The maximum atomic E-state index is 11.7. The van der Waals surface area contributed by atoms with Crippen molar-refractivity contribution in [3.63, 3.8) is 0 Å². The van der Waals surface area contributed by atoms with Gasteiger partial charge < -0.3 is 9.84 Å². The van der Waals surface area contributed by atoms with E-state index in [2.05, 4.69) is 22.9 Å². The van der Waals surface area contributed by atoms with Gasteiger partial charge in [0.2, 0.25) is 0 Å². The molecule has 1 aliphatic rings. The van der Waals surface area contributed by atoms with Crippen LogP contribution in [-0.4, -0.2) is 28.1 Å². The molecule has 1 unspecified atom stereocenters. The number of halogens is 1. The van der Waals surface area contributed by atoms with Gasteiger partial charge in [0.25, 0.3) is 0 Å². The first-order valence-electron chi connectivity index (χ1n) is 6.96. The van der Waals surface area contributed by atoms with Gasteiger partial charge in [0.1, 0.15) is 0 Å². The SMILES string of the molecule is CC(C)OC(=O)[C@H](O)[C@H](Br)C(C)C1CCCCC1. The monoisotopic (exact) mass is 320 g/mol. The van der Waals surface area contributed by atoms with Gasteiger partial charge in [-0.3, -0.25) is 0 Å². The quantitative estimate of drug-likeness (QED) is 0.624. The first-order valence-corrected chi connectivity index (χ1v) is 7.87. The minimum atomic E-state index is -1.07. The van der Waals surface area contributed by atoms with Crippen molar-refractivity contribution in [1.82, 2.24) is 0 Å². The van der Waals surface area contributed by atoms with E-state index in [0.717, 1.165) is 0 Å². The van der Waals surface area contributed by atoms with Crippen molar-refractivity contribution in [3.8, 4) is 0 Å². The lowest BCUT2D eigenvalue weighted by Crippen LogP contribution is -2.39. The first-order chi connectivity index (χ1) is 8.43. The molecular weight excluding hydrogens is 296 g/mol. The molecular formula is C14H25BrO3. The van der Waals surface area contributed by atoms with Gasteiger partial charge in [0.15, 0.2) is 6.10 Å². The average molecular weight is 321 g/mol. The Hall–Kier alpha value is -0.0900. The highest BCUT2D eigenvalue weighted by Crippen LogP contribution is 2.35. The summed E-state index contributed by atoms with van der Waals surface area (Å²) in [4.78, 5) is 11.5. The van der Waals surface area contributed by atoms with Crippen LogP contribution in [0.25, 0.3) is 0 Å². The second kappa shape index (κ2) is 7.49. The summed E-state index contributed by atoms with van der Waals surface area (Å²) >= 11 is 3.48. The molecule has 0 amide bonds. The Morgan fingerprint density at radius 1 is 1.22 bits per heavy atom. The Kier molecular flexibility index (Phi) is 6.64. The molecule has 0 bridgehead atoms. The van der Waals surface area contributed by atoms with Gasteiger partial charge in [-0.2, -0.15) is 0 Å². The van der Waals surface area contributed by atoms with Gasteiger partial charge in [-0.1, -0.05) is 55.0 Å². The van der Waals surface area contributed by atoms with E-state index in [9.17, 15) is 9.90 Å². The second-order valence-corrected chi connectivity index (χ2v) is 6.69. The summed E-state index contributed by atoms with van der Waals surface area (Å²) in [5.74, 6) is 0.374. The topological polar surface area (TPSA) is 46.5 Å². The fraction of sp³-hybridized carbons (Fsp3) is 0.929. The molecule has 1 aliphatic carbocycles. The summed E-state index contributed by atoms with van der Waals surface area (Å²) in [6.45, 7) is 5.69. The molecule has 0 aliphatic heterocycles. The smallest absolute Gasteiger partial charge is 0.336 e. The van der Waals surface area contributed by atoms with Crippen molar-refractivity contribution in [2.24, 2.45) is 11.8 Å². The Morgan fingerprint density at radius 2 is 1.78 bits per heavy atom. The molecule has 0 spiro atoms.